The van der Waals surface area contributed by atoms with Crippen molar-refractivity contribution in [3.8, 4) is 5.75 Å². The summed E-state index contributed by atoms with van der Waals surface area (Å²) in [6.45, 7) is 4.64. The number of ether oxygens (including phenoxy) is 2. The molecule has 0 aromatic heterocycles. The molecular weight excluding hydrogens is 570 g/mol. The van der Waals surface area contributed by atoms with Gasteiger partial charge in [-0.1, -0.05) is 19.1 Å². The number of hydrogen-bond acceptors (Lipinski definition) is 9. The molecule has 5 N–H and O–H groups in total. The molecule has 1 aromatic rings. The summed E-state index contributed by atoms with van der Waals surface area (Å²) in [4.78, 5) is 67.1. The Morgan fingerprint density at radius 2 is 1.95 bits per heavy atom. The van der Waals surface area contributed by atoms with E-state index in [-0.39, 0.29) is 49.5 Å². The molecule has 13 heteroatoms. The van der Waals surface area contributed by atoms with E-state index in [2.05, 4.69) is 26.3 Å². The van der Waals surface area contributed by atoms with Gasteiger partial charge < -0.3 is 35.8 Å². The summed E-state index contributed by atoms with van der Waals surface area (Å²) in [6.07, 6.45) is 3.83. The van der Waals surface area contributed by atoms with Crippen LogP contribution in [0.15, 0.2) is 29.3 Å². The number of phenolic OH excluding ortho intramolecular Hbond substituents is 1. The van der Waals surface area contributed by atoms with Crippen molar-refractivity contribution in [2.24, 2.45) is 10.9 Å². The molecule has 242 valence electrons. The second-order valence-corrected chi connectivity index (χ2v) is 11.2. The van der Waals surface area contributed by atoms with Crippen LogP contribution < -0.4 is 21.3 Å². The number of aromatic hydroxyl groups is 1. The van der Waals surface area contributed by atoms with Gasteiger partial charge in [0.15, 0.2) is 0 Å². The fraction of sp³-hybridized carbons (Fsp3) is 0.613. The smallest absolute Gasteiger partial charge is 0.328 e. The summed E-state index contributed by atoms with van der Waals surface area (Å²) >= 11 is 0. The number of nitrogens with zero attached hydrogens (tertiary/aromatic N) is 1. The Morgan fingerprint density at radius 1 is 1.16 bits per heavy atom. The molecule has 0 spiro atoms. The molecule has 44 heavy (non-hydrogen) atoms. The SMILES string of the molecule is CCCC(=O)NCCCCC(NC(=O)C1CN=C(c2ccccc2O)OC1)C(=O)OC(C)CC(=O)NC1CCCCNC1=O. The summed E-state index contributed by atoms with van der Waals surface area (Å²) in [5.41, 5.74) is 0.427. The van der Waals surface area contributed by atoms with E-state index in [9.17, 15) is 29.1 Å². The molecule has 1 aromatic carbocycles. The first-order valence-electron chi connectivity index (χ1n) is 15.5. The van der Waals surface area contributed by atoms with Gasteiger partial charge in [-0.15, -0.1) is 0 Å². The second-order valence-electron chi connectivity index (χ2n) is 11.2. The summed E-state index contributed by atoms with van der Waals surface area (Å²) in [7, 11) is 0. The third kappa shape index (κ3) is 11.2. The molecule has 1 fully saturated rings. The van der Waals surface area contributed by atoms with Gasteiger partial charge in [-0.3, -0.25) is 24.2 Å². The van der Waals surface area contributed by atoms with Crippen LogP contribution in [0.1, 0.15) is 77.2 Å². The number of rotatable bonds is 15. The number of phenols is 1. The maximum absolute atomic E-state index is 13.2. The van der Waals surface area contributed by atoms with Crippen molar-refractivity contribution in [1.29, 1.82) is 0 Å². The maximum atomic E-state index is 13.2. The number of amides is 4. The molecular formula is C31H45N5O8. The minimum Gasteiger partial charge on any atom is -0.507 e. The minimum absolute atomic E-state index is 0.00947. The van der Waals surface area contributed by atoms with Gasteiger partial charge in [0.25, 0.3) is 0 Å². The molecule has 2 aliphatic heterocycles. The highest BCUT2D eigenvalue weighted by Crippen LogP contribution is 2.21. The first-order valence-corrected chi connectivity index (χ1v) is 15.5. The number of carbonyl (C=O) groups is 5. The number of aliphatic imine (C=N–C) groups is 1. The molecule has 0 aliphatic carbocycles. The predicted octanol–water partition coefficient (Wildman–Crippen LogP) is 1.46. The minimum atomic E-state index is -0.990. The van der Waals surface area contributed by atoms with Gasteiger partial charge in [0, 0.05) is 19.5 Å². The third-order valence-electron chi connectivity index (χ3n) is 7.36. The topological polar surface area (TPSA) is 185 Å². The summed E-state index contributed by atoms with van der Waals surface area (Å²) < 4.78 is 11.2. The van der Waals surface area contributed by atoms with Crippen LogP contribution in [0.4, 0.5) is 0 Å². The molecule has 0 saturated carbocycles. The highest BCUT2D eigenvalue weighted by Gasteiger charge is 2.31. The van der Waals surface area contributed by atoms with E-state index in [0.717, 1.165) is 19.3 Å². The lowest BCUT2D eigenvalue weighted by atomic mass is 10.1. The average molecular weight is 616 g/mol. The van der Waals surface area contributed by atoms with Crippen LogP contribution in [0.25, 0.3) is 0 Å². The lowest BCUT2D eigenvalue weighted by Crippen LogP contribution is -2.48. The van der Waals surface area contributed by atoms with Crippen LogP contribution >= 0.6 is 0 Å². The Balaban J connectivity index is 1.56. The number of esters is 1. The van der Waals surface area contributed by atoms with Crippen molar-refractivity contribution in [3.05, 3.63) is 29.8 Å². The largest absolute Gasteiger partial charge is 0.507 e. The Labute approximate surface area is 257 Å². The van der Waals surface area contributed by atoms with Crippen molar-refractivity contribution < 1.29 is 38.6 Å². The molecule has 13 nitrogen and oxygen atoms in total. The molecule has 4 atom stereocenters. The van der Waals surface area contributed by atoms with Crippen LogP contribution in [-0.2, 0) is 33.4 Å². The van der Waals surface area contributed by atoms with E-state index >= 15 is 0 Å². The van der Waals surface area contributed by atoms with Crippen LogP contribution in [-0.4, -0.2) is 85.0 Å². The molecule has 4 amide bonds. The Hall–Kier alpha value is -4.16. The number of nitrogens with one attached hydrogen (secondary N) is 4. The highest BCUT2D eigenvalue weighted by molar-refractivity contribution is 5.97. The van der Waals surface area contributed by atoms with Gasteiger partial charge in [0.05, 0.1) is 24.4 Å². The first kappa shape index (κ1) is 34.3. The first-order chi connectivity index (χ1) is 21.2. The van der Waals surface area contributed by atoms with Gasteiger partial charge in [0.2, 0.25) is 29.5 Å². The Morgan fingerprint density at radius 3 is 2.68 bits per heavy atom. The van der Waals surface area contributed by atoms with Crippen LogP contribution in [0.3, 0.4) is 0 Å². The van der Waals surface area contributed by atoms with Gasteiger partial charge in [-0.2, -0.15) is 0 Å². The van der Waals surface area contributed by atoms with Crippen molar-refractivity contribution in [2.45, 2.75) is 89.8 Å². The molecule has 4 unspecified atom stereocenters. The monoisotopic (exact) mass is 615 g/mol. The molecule has 3 rings (SSSR count). The van der Waals surface area contributed by atoms with Gasteiger partial charge in [0.1, 0.15) is 30.5 Å². The van der Waals surface area contributed by atoms with Crippen molar-refractivity contribution in [3.63, 3.8) is 0 Å². The standard InChI is InChI=1S/C31H45N5O8/c1-3-10-26(38)32-15-8-7-13-24(31(42)44-20(2)17-27(39)35-23-12-6-9-16-33-29(23)41)36-28(40)21-18-34-30(43-19-21)22-11-4-5-14-25(22)37/h4-5,11,14,20-21,23-24,37H,3,6-10,12-13,15-19H2,1-2H3,(H,32,38)(H,33,41)(H,35,39)(H,36,40). The number of benzene rings is 1. The van der Waals surface area contributed by atoms with Gasteiger partial charge in [-0.05, 0) is 64.0 Å². The lowest BCUT2D eigenvalue weighted by Gasteiger charge is -2.25. The maximum Gasteiger partial charge on any atom is 0.328 e. The summed E-state index contributed by atoms with van der Waals surface area (Å²) in [5, 5.41) is 21.1. The quantitative estimate of drug-likeness (QED) is 0.145. The van der Waals surface area contributed by atoms with Crippen molar-refractivity contribution in [1.82, 2.24) is 21.3 Å². The van der Waals surface area contributed by atoms with E-state index in [1.54, 1.807) is 25.1 Å². The van der Waals surface area contributed by atoms with Crippen LogP contribution in [0.5, 0.6) is 5.75 Å². The third-order valence-corrected chi connectivity index (χ3v) is 7.36. The zero-order valence-electron chi connectivity index (χ0n) is 25.6. The average Bonchev–Trinajstić information content (AvgIpc) is 3.20. The fourth-order valence-electron chi connectivity index (χ4n) is 4.92. The second kappa shape index (κ2) is 17.8. The lowest BCUT2D eigenvalue weighted by molar-refractivity contribution is -0.154. The molecule has 1 saturated heterocycles. The van der Waals surface area contributed by atoms with E-state index in [1.807, 2.05) is 6.92 Å². The van der Waals surface area contributed by atoms with Crippen molar-refractivity contribution in [2.75, 3.05) is 26.2 Å². The molecule has 0 radical (unpaired) electrons. The zero-order valence-corrected chi connectivity index (χ0v) is 25.6. The van der Waals surface area contributed by atoms with E-state index in [1.165, 1.54) is 6.07 Å². The normalized spacial score (nSPS) is 19.6. The Kier molecular flexibility index (Phi) is 13.9. The van der Waals surface area contributed by atoms with Gasteiger partial charge in [-0.25, -0.2) is 4.79 Å². The van der Waals surface area contributed by atoms with Gasteiger partial charge >= 0.3 is 5.97 Å². The number of carbonyl (C=O) groups excluding carboxylic acids is 5. The van der Waals surface area contributed by atoms with Crippen molar-refractivity contribution >= 4 is 35.5 Å². The van der Waals surface area contributed by atoms with E-state index in [0.29, 0.717) is 44.3 Å². The molecule has 2 heterocycles. The number of unbranched alkanes of at least 4 members (excludes halogenated alkanes) is 1. The summed E-state index contributed by atoms with van der Waals surface area (Å²) in [5.74, 6) is -2.20. The fourth-order valence-corrected chi connectivity index (χ4v) is 4.92. The number of hydrogen-bond donors (Lipinski definition) is 5. The highest BCUT2D eigenvalue weighted by atomic mass is 16.5. The van der Waals surface area contributed by atoms with Crippen LogP contribution in [0.2, 0.25) is 0 Å². The van der Waals surface area contributed by atoms with E-state index < -0.39 is 41.9 Å². The number of para-hydroxylation sites is 1. The zero-order chi connectivity index (χ0) is 31.9. The summed E-state index contributed by atoms with van der Waals surface area (Å²) in [6, 6.07) is 4.99. The predicted molar refractivity (Wildman–Crippen MR) is 162 cm³/mol. The Bertz CT molecular complexity index is 1190. The van der Waals surface area contributed by atoms with Crippen LogP contribution in [0, 0.1) is 5.92 Å². The molecule has 2 aliphatic rings. The van der Waals surface area contributed by atoms with E-state index in [4.69, 9.17) is 9.47 Å². The molecule has 0 bridgehead atoms.